The molecule has 2 N–H and O–H groups in total. The molecule has 13 heteroatoms. The summed E-state index contributed by atoms with van der Waals surface area (Å²) in [4.78, 5) is 15.6. The van der Waals surface area contributed by atoms with Crippen molar-refractivity contribution in [3.05, 3.63) is 59.5 Å². The molecule has 0 unspecified atom stereocenters. The quantitative estimate of drug-likeness (QED) is 0.330. The number of anilines is 1. The highest BCUT2D eigenvalue weighted by atomic mass is 32.2. The molecule has 3 aromatic rings. The number of thiazole rings is 1. The first-order valence-electron chi connectivity index (χ1n) is 11.2. The van der Waals surface area contributed by atoms with Gasteiger partial charge in [-0.05, 0) is 48.8 Å². The van der Waals surface area contributed by atoms with Crippen molar-refractivity contribution in [3.63, 3.8) is 0 Å². The third-order valence-electron chi connectivity index (χ3n) is 6.33. The van der Waals surface area contributed by atoms with Crippen molar-refractivity contribution < 1.29 is 40.6 Å². The number of rotatable bonds is 7. The highest BCUT2D eigenvalue weighted by molar-refractivity contribution is 7.94. The number of sulfonamides is 1. The molecule has 1 aliphatic carbocycles. The maximum absolute atomic E-state index is 14.1. The molecule has 0 radical (unpaired) electrons. The zero-order chi connectivity index (χ0) is 27.0. The molecule has 198 valence electrons. The van der Waals surface area contributed by atoms with Gasteiger partial charge in [-0.15, -0.1) is 11.3 Å². The Balaban J connectivity index is 1.49. The third-order valence-corrected chi connectivity index (χ3v) is 9.14. The van der Waals surface area contributed by atoms with Gasteiger partial charge < -0.3 is 9.84 Å². The highest BCUT2D eigenvalue weighted by Crippen LogP contribution is 2.43. The summed E-state index contributed by atoms with van der Waals surface area (Å²) in [6.07, 6.45) is -1.67. The predicted octanol–water partition coefficient (Wildman–Crippen LogP) is 6.29. The van der Waals surface area contributed by atoms with E-state index in [2.05, 4.69) is 9.71 Å². The average molecular weight is 559 g/mol. The molecule has 1 saturated carbocycles. The first kappa shape index (κ1) is 26.9. The maximum Gasteiger partial charge on any atom is 0.391 e. The summed E-state index contributed by atoms with van der Waals surface area (Å²) in [5.74, 6) is -4.07. The SMILES string of the molecule is COc1cc(C(=O)O)c(F)cc1NS(=O)(=O)c1ncc(-c2ccc(C3CCC(C(F)(F)F)CC3)cc2)s1. The number of carboxylic acids is 1. The van der Waals surface area contributed by atoms with Crippen LogP contribution in [0, 0.1) is 11.7 Å². The molecule has 37 heavy (non-hydrogen) atoms. The molecule has 0 saturated heterocycles. The van der Waals surface area contributed by atoms with Gasteiger partial charge in [-0.1, -0.05) is 24.3 Å². The number of alkyl halides is 3. The largest absolute Gasteiger partial charge is 0.495 e. The van der Waals surface area contributed by atoms with Crippen LogP contribution in [0.5, 0.6) is 5.75 Å². The summed E-state index contributed by atoms with van der Waals surface area (Å²) in [6, 6.07) is 8.79. The van der Waals surface area contributed by atoms with E-state index in [9.17, 15) is 30.8 Å². The minimum atomic E-state index is -4.25. The molecule has 1 aliphatic rings. The van der Waals surface area contributed by atoms with Crippen LogP contribution in [0.15, 0.2) is 46.9 Å². The van der Waals surface area contributed by atoms with Gasteiger partial charge in [0, 0.05) is 12.3 Å². The van der Waals surface area contributed by atoms with Crippen LogP contribution in [0.1, 0.15) is 47.5 Å². The second-order valence-corrected chi connectivity index (χ2v) is 11.5. The first-order chi connectivity index (χ1) is 17.4. The number of aromatic carboxylic acids is 1. The number of benzene rings is 2. The van der Waals surface area contributed by atoms with E-state index in [1.165, 1.54) is 13.3 Å². The number of nitrogens with one attached hydrogen (secondary N) is 1. The summed E-state index contributed by atoms with van der Waals surface area (Å²) < 4.78 is 85.5. The second kappa shape index (κ2) is 10.3. The normalized spacial score (nSPS) is 18.4. The van der Waals surface area contributed by atoms with E-state index in [0.29, 0.717) is 23.3 Å². The van der Waals surface area contributed by atoms with Gasteiger partial charge in [-0.3, -0.25) is 4.72 Å². The summed E-state index contributed by atoms with van der Waals surface area (Å²) in [6.45, 7) is 0. The monoisotopic (exact) mass is 558 g/mol. The van der Waals surface area contributed by atoms with E-state index in [1.54, 1.807) is 12.1 Å². The summed E-state index contributed by atoms with van der Waals surface area (Å²) in [5.41, 5.74) is 0.656. The lowest BCUT2D eigenvalue weighted by molar-refractivity contribution is -0.182. The Morgan fingerprint density at radius 1 is 1.14 bits per heavy atom. The Labute approximate surface area is 214 Å². The number of aromatic nitrogens is 1. The van der Waals surface area contributed by atoms with Crippen molar-refractivity contribution in [1.29, 1.82) is 0 Å². The lowest BCUT2D eigenvalue weighted by Crippen LogP contribution is -2.27. The summed E-state index contributed by atoms with van der Waals surface area (Å²) >= 11 is 0.867. The molecule has 0 amide bonds. The van der Waals surface area contributed by atoms with Crippen molar-refractivity contribution in [3.8, 4) is 16.2 Å². The number of hydrogen-bond acceptors (Lipinski definition) is 6. The summed E-state index contributed by atoms with van der Waals surface area (Å²) in [5, 5.41) is 9.05. The molecule has 4 rings (SSSR count). The second-order valence-electron chi connectivity index (χ2n) is 8.65. The third kappa shape index (κ3) is 5.87. The first-order valence-corrected chi connectivity index (χ1v) is 13.5. The lowest BCUT2D eigenvalue weighted by atomic mass is 9.78. The Kier molecular flexibility index (Phi) is 7.47. The van der Waals surface area contributed by atoms with Gasteiger partial charge in [-0.2, -0.15) is 21.6 Å². The fourth-order valence-electron chi connectivity index (χ4n) is 4.34. The zero-order valence-electron chi connectivity index (χ0n) is 19.4. The van der Waals surface area contributed by atoms with E-state index < -0.39 is 39.5 Å². The van der Waals surface area contributed by atoms with Crippen molar-refractivity contribution in [1.82, 2.24) is 4.98 Å². The van der Waals surface area contributed by atoms with Gasteiger partial charge >= 0.3 is 12.1 Å². The molecule has 0 spiro atoms. The van der Waals surface area contributed by atoms with Crippen LogP contribution in [0.4, 0.5) is 23.2 Å². The van der Waals surface area contributed by atoms with Crippen LogP contribution in [0.3, 0.4) is 0 Å². The number of ether oxygens (including phenoxy) is 1. The van der Waals surface area contributed by atoms with E-state index in [4.69, 9.17) is 9.84 Å². The van der Waals surface area contributed by atoms with E-state index in [0.717, 1.165) is 29.0 Å². The molecule has 0 atom stereocenters. The topological polar surface area (TPSA) is 106 Å². The number of carboxylic acid groups (broad SMARTS) is 1. The molecule has 1 heterocycles. The maximum atomic E-state index is 14.1. The number of halogens is 4. The molecule has 0 bridgehead atoms. The smallest absolute Gasteiger partial charge is 0.391 e. The standard InChI is InChI=1S/C24H22F4N2O5S2/c1-35-20-10-17(22(31)32)18(25)11-19(20)30-37(33,34)23-29-12-21(36-23)15-4-2-13(3-5-15)14-6-8-16(9-7-14)24(26,27)28/h2-5,10-12,14,16,30H,6-9H2,1H3,(H,31,32). The van der Waals surface area contributed by atoms with Crippen LogP contribution in [0.2, 0.25) is 0 Å². The number of hydrogen-bond donors (Lipinski definition) is 2. The fraction of sp³-hybridized carbons (Fsp3) is 0.333. The Morgan fingerprint density at radius 3 is 2.35 bits per heavy atom. The predicted molar refractivity (Wildman–Crippen MR) is 129 cm³/mol. The minimum Gasteiger partial charge on any atom is -0.495 e. The Morgan fingerprint density at radius 2 is 1.78 bits per heavy atom. The van der Waals surface area contributed by atoms with Gasteiger partial charge in [-0.25, -0.2) is 14.2 Å². The lowest BCUT2D eigenvalue weighted by Gasteiger charge is -2.30. The molecule has 1 aromatic heterocycles. The van der Waals surface area contributed by atoms with Gasteiger partial charge in [0.25, 0.3) is 10.0 Å². The van der Waals surface area contributed by atoms with Crippen LogP contribution in [-0.4, -0.2) is 37.8 Å². The number of methoxy groups -OCH3 is 1. The van der Waals surface area contributed by atoms with Gasteiger partial charge in [0.2, 0.25) is 4.34 Å². The average Bonchev–Trinajstić information content (AvgIpc) is 3.35. The highest BCUT2D eigenvalue weighted by Gasteiger charge is 2.41. The fourth-order valence-corrected chi connectivity index (χ4v) is 6.56. The number of nitrogens with zero attached hydrogens (tertiary/aromatic N) is 1. The molecular formula is C24H22F4N2O5S2. The summed E-state index contributed by atoms with van der Waals surface area (Å²) in [7, 11) is -3.07. The molecule has 0 aliphatic heterocycles. The van der Waals surface area contributed by atoms with E-state index in [1.807, 2.05) is 12.1 Å². The zero-order valence-corrected chi connectivity index (χ0v) is 21.0. The van der Waals surface area contributed by atoms with E-state index >= 15 is 0 Å². The van der Waals surface area contributed by atoms with Crippen LogP contribution in [0.25, 0.3) is 10.4 Å². The van der Waals surface area contributed by atoms with Crippen molar-refractivity contribution in [2.24, 2.45) is 5.92 Å². The number of carbonyl (C=O) groups is 1. The van der Waals surface area contributed by atoms with Crippen molar-refractivity contribution >= 4 is 33.0 Å². The van der Waals surface area contributed by atoms with Gasteiger partial charge in [0.05, 0.1) is 29.2 Å². The molecular weight excluding hydrogens is 536 g/mol. The van der Waals surface area contributed by atoms with Crippen LogP contribution >= 0.6 is 11.3 Å². The van der Waals surface area contributed by atoms with Crippen LogP contribution in [-0.2, 0) is 10.0 Å². The van der Waals surface area contributed by atoms with Gasteiger partial charge in [0.1, 0.15) is 11.6 Å². The molecule has 7 nitrogen and oxygen atoms in total. The Hall–Kier alpha value is -3.19. The molecule has 1 fully saturated rings. The van der Waals surface area contributed by atoms with Crippen LogP contribution < -0.4 is 9.46 Å². The van der Waals surface area contributed by atoms with E-state index in [-0.39, 0.29) is 34.5 Å². The van der Waals surface area contributed by atoms with Crippen molar-refractivity contribution in [2.45, 2.75) is 42.1 Å². The Bertz CT molecular complexity index is 1400. The van der Waals surface area contributed by atoms with Gasteiger partial charge in [0.15, 0.2) is 0 Å². The van der Waals surface area contributed by atoms with Crippen molar-refractivity contribution in [2.75, 3.05) is 11.8 Å². The minimum absolute atomic E-state index is 0.0390. The molecule has 2 aromatic carbocycles.